The van der Waals surface area contributed by atoms with Gasteiger partial charge in [0.1, 0.15) is 0 Å². The maximum atomic E-state index is 3.75. The number of allylic oxidation sites excluding steroid dienone is 1. The second-order valence-electron chi connectivity index (χ2n) is 3.34. The van der Waals surface area contributed by atoms with Crippen LogP contribution in [0.3, 0.4) is 0 Å². The summed E-state index contributed by atoms with van der Waals surface area (Å²) in [5, 5.41) is 3.39. The Labute approximate surface area is 77.2 Å². The molecule has 72 valence electrons. The molecule has 1 atom stereocenters. The van der Waals surface area contributed by atoms with Gasteiger partial charge in [0.2, 0.25) is 0 Å². The smallest absolute Gasteiger partial charge is 0.00950 e. The van der Waals surface area contributed by atoms with Crippen molar-refractivity contribution in [2.75, 3.05) is 7.05 Å². The fourth-order valence-corrected chi connectivity index (χ4v) is 1.77. The van der Waals surface area contributed by atoms with Gasteiger partial charge in [-0.15, -0.1) is 6.58 Å². The molecule has 1 unspecified atom stereocenters. The molecule has 12 heavy (non-hydrogen) atoms. The highest BCUT2D eigenvalue weighted by atomic mass is 14.9. The van der Waals surface area contributed by atoms with Gasteiger partial charge in [-0.05, 0) is 25.8 Å². The minimum atomic E-state index is 0.679. The summed E-state index contributed by atoms with van der Waals surface area (Å²) >= 11 is 0. The molecule has 0 radical (unpaired) electrons. The molecule has 0 aliphatic rings. The van der Waals surface area contributed by atoms with Crippen LogP contribution in [-0.4, -0.2) is 13.1 Å². The average Bonchev–Trinajstić information content (AvgIpc) is 2.12. The van der Waals surface area contributed by atoms with Crippen LogP contribution in [0.4, 0.5) is 0 Å². The minimum absolute atomic E-state index is 0.679. The van der Waals surface area contributed by atoms with Crippen LogP contribution in [0.2, 0.25) is 0 Å². The standard InChI is InChI=1S/C11H23N/c1-5-8-9-11(12-4)10(6-2)7-3/h5,10-12H,1,6-9H2,2-4H3. The lowest BCUT2D eigenvalue weighted by Crippen LogP contribution is -2.32. The first-order chi connectivity index (χ1) is 5.79. The van der Waals surface area contributed by atoms with Crippen LogP contribution >= 0.6 is 0 Å². The largest absolute Gasteiger partial charge is 0.317 e. The molecule has 0 aliphatic heterocycles. The molecule has 0 aromatic heterocycles. The number of hydrogen-bond donors (Lipinski definition) is 1. The van der Waals surface area contributed by atoms with Crippen molar-refractivity contribution in [2.24, 2.45) is 5.92 Å². The van der Waals surface area contributed by atoms with Gasteiger partial charge in [-0.1, -0.05) is 32.8 Å². The fraction of sp³-hybridized carbons (Fsp3) is 0.818. The Bertz CT molecular complexity index is 106. The van der Waals surface area contributed by atoms with Crippen molar-refractivity contribution in [3.8, 4) is 0 Å². The third-order valence-electron chi connectivity index (χ3n) is 2.67. The van der Waals surface area contributed by atoms with Crippen LogP contribution in [0, 0.1) is 5.92 Å². The van der Waals surface area contributed by atoms with Crippen LogP contribution in [0.15, 0.2) is 12.7 Å². The van der Waals surface area contributed by atoms with E-state index in [1.807, 2.05) is 6.08 Å². The van der Waals surface area contributed by atoms with Crippen LogP contribution in [0.1, 0.15) is 39.5 Å². The summed E-state index contributed by atoms with van der Waals surface area (Å²) in [6.07, 6.45) is 6.92. The predicted molar refractivity (Wildman–Crippen MR) is 56.4 cm³/mol. The second-order valence-corrected chi connectivity index (χ2v) is 3.34. The third kappa shape index (κ3) is 3.91. The van der Waals surface area contributed by atoms with Gasteiger partial charge in [0, 0.05) is 6.04 Å². The molecule has 0 amide bonds. The second kappa shape index (κ2) is 7.35. The van der Waals surface area contributed by atoms with Crippen molar-refractivity contribution in [2.45, 2.75) is 45.6 Å². The highest BCUT2D eigenvalue weighted by Gasteiger charge is 2.14. The van der Waals surface area contributed by atoms with Gasteiger partial charge in [0.05, 0.1) is 0 Å². The SMILES string of the molecule is C=CCCC(NC)C(CC)CC. The molecular weight excluding hydrogens is 146 g/mol. The van der Waals surface area contributed by atoms with Gasteiger partial charge in [0.15, 0.2) is 0 Å². The maximum absolute atomic E-state index is 3.75. The molecular formula is C11H23N. The molecule has 0 heterocycles. The van der Waals surface area contributed by atoms with Gasteiger partial charge in [-0.2, -0.15) is 0 Å². The lowest BCUT2D eigenvalue weighted by Gasteiger charge is -2.24. The van der Waals surface area contributed by atoms with Gasteiger partial charge >= 0.3 is 0 Å². The van der Waals surface area contributed by atoms with E-state index < -0.39 is 0 Å². The number of nitrogens with one attached hydrogen (secondary N) is 1. The van der Waals surface area contributed by atoms with Gasteiger partial charge in [-0.3, -0.25) is 0 Å². The highest BCUT2D eigenvalue weighted by Crippen LogP contribution is 2.16. The minimum Gasteiger partial charge on any atom is -0.317 e. The number of rotatable bonds is 7. The molecule has 0 saturated heterocycles. The van der Waals surface area contributed by atoms with Crippen molar-refractivity contribution in [3.63, 3.8) is 0 Å². The van der Waals surface area contributed by atoms with Crippen molar-refractivity contribution >= 4 is 0 Å². The first-order valence-electron chi connectivity index (χ1n) is 5.08. The molecule has 0 aromatic rings. The monoisotopic (exact) mass is 169 g/mol. The molecule has 0 aliphatic carbocycles. The summed E-state index contributed by atoms with van der Waals surface area (Å²) < 4.78 is 0. The zero-order valence-electron chi connectivity index (χ0n) is 8.77. The summed E-state index contributed by atoms with van der Waals surface area (Å²) in [4.78, 5) is 0. The van der Waals surface area contributed by atoms with E-state index >= 15 is 0 Å². The average molecular weight is 169 g/mol. The van der Waals surface area contributed by atoms with Crippen LogP contribution in [0.5, 0.6) is 0 Å². The van der Waals surface area contributed by atoms with Crippen molar-refractivity contribution in [3.05, 3.63) is 12.7 Å². The Hall–Kier alpha value is -0.300. The first kappa shape index (κ1) is 11.7. The molecule has 1 heteroatoms. The van der Waals surface area contributed by atoms with E-state index in [2.05, 4.69) is 32.8 Å². The Kier molecular flexibility index (Phi) is 7.17. The zero-order chi connectivity index (χ0) is 9.40. The van der Waals surface area contributed by atoms with E-state index in [-0.39, 0.29) is 0 Å². The lowest BCUT2D eigenvalue weighted by molar-refractivity contribution is 0.336. The van der Waals surface area contributed by atoms with E-state index in [0.717, 1.165) is 12.3 Å². The summed E-state index contributed by atoms with van der Waals surface area (Å²) in [6, 6.07) is 0.679. The number of hydrogen-bond acceptors (Lipinski definition) is 1. The fourth-order valence-electron chi connectivity index (χ4n) is 1.77. The van der Waals surface area contributed by atoms with Crippen molar-refractivity contribution in [1.29, 1.82) is 0 Å². The molecule has 1 N–H and O–H groups in total. The first-order valence-corrected chi connectivity index (χ1v) is 5.08. The van der Waals surface area contributed by atoms with Crippen molar-refractivity contribution in [1.82, 2.24) is 5.32 Å². The quantitative estimate of drug-likeness (QED) is 0.578. The Balaban J connectivity index is 3.83. The Morgan fingerprint density at radius 3 is 2.25 bits per heavy atom. The topological polar surface area (TPSA) is 12.0 Å². The summed E-state index contributed by atoms with van der Waals surface area (Å²) in [5.74, 6) is 0.829. The molecule has 0 rings (SSSR count). The lowest BCUT2D eigenvalue weighted by atomic mass is 9.91. The van der Waals surface area contributed by atoms with E-state index in [1.165, 1.54) is 19.3 Å². The van der Waals surface area contributed by atoms with Gasteiger partial charge in [0.25, 0.3) is 0 Å². The molecule has 0 spiro atoms. The van der Waals surface area contributed by atoms with Crippen LogP contribution in [0.25, 0.3) is 0 Å². The van der Waals surface area contributed by atoms with E-state index in [9.17, 15) is 0 Å². The highest BCUT2D eigenvalue weighted by molar-refractivity contribution is 4.77. The molecule has 0 aromatic carbocycles. The summed E-state index contributed by atoms with van der Waals surface area (Å²) in [7, 11) is 2.06. The van der Waals surface area contributed by atoms with Gasteiger partial charge in [-0.25, -0.2) is 0 Å². The maximum Gasteiger partial charge on any atom is 0.00950 e. The van der Waals surface area contributed by atoms with E-state index in [0.29, 0.717) is 6.04 Å². The summed E-state index contributed by atoms with van der Waals surface area (Å²) in [5.41, 5.74) is 0. The predicted octanol–water partition coefficient (Wildman–Crippen LogP) is 2.98. The Morgan fingerprint density at radius 1 is 1.33 bits per heavy atom. The summed E-state index contributed by atoms with van der Waals surface area (Å²) in [6.45, 7) is 8.29. The molecule has 0 fully saturated rings. The van der Waals surface area contributed by atoms with Gasteiger partial charge < -0.3 is 5.32 Å². The molecule has 0 saturated carbocycles. The normalized spacial score (nSPS) is 13.3. The van der Waals surface area contributed by atoms with Crippen LogP contribution in [-0.2, 0) is 0 Å². The molecule has 1 nitrogen and oxygen atoms in total. The van der Waals surface area contributed by atoms with E-state index in [4.69, 9.17) is 0 Å². The third-order valence-corrected chi connectivity index (χ3v) is 2.67. The Morgan fingerprint density at radius 2 is 1.92 bits per heavy atom. The van der Waals surface area contributed by atoms with Crippen molar-refractivity contribution < 1.29 is 0 Å². The molecule has 0 bridgehead atoms. The van der Waals surface area contributed by atoms with Crippen LogP contribution < -0.4 is 5.32 Å². The van der Waals surface area contributed by atoms with E-state index in [1.54, 1.807) is 0 Å². The zero-order valence-corrected chi connectivity index (χ0v) is 8.77.